The van der Waals surface area contributed by atoms with Crippen LogP contribution in [0.4, 0.5) is 0 Å². The molecule has 0 heterocycles. The first-order chi connectivity index (χ1) is 12.3. The fourth-order valence-electron chi connectivity index (χ4n) is 3.73. The van der Waals surface area contributed by atoms with E-state index in [2.05, 4.69) is 32.9 Å². The lowest BCUT2D eigenvalue weighted by atomic mass is 9.92. The molecule has 0 aliphatic rings. The van der Waals surface area contributed by atoms with Gasteiger partial charge in [0.1, 0.15) is 0 Å². The van der Waals surface area contributed by atoms with E-state index in [1.807, 2.05) is 0 Å². The Morgan fingerprint density at radius 2 is 0.920 bits per heavy atom. The minimum atomic E-state index is 1.00. The van der Waals surface area contributed by atoms with Crippen LogP contribution in [0.2, 0.25) is 0 Å². The van der Waals surface area contributed by atoms with Crippen molar-refractivity contribution < 1.29 is 0 Å². The molecule has 0 radical (unpaired) electrons. The van der Waals surface area contributed by atoms with Crippen molar-refractivity contribution in [1.82, 2.24) is 0 Å². The highest BCUT2D eigenvalue weighted by atomic mass is 14.1. The molecule has 0 saturated carbocycles. The summed E-state index contributed by atoms with van der Waals surface area (Å²) >= 11 is 0. The third-order valence-electron chi connectivity index (χ3n) is 5.67. The largest absolute Gasteiger partial charge is 0.0885 e. The van der Waals surface area contributed by atoms with E-state index >= 15 is 0 Å². The Kier molecular flexibility index (Phi) is 21.6. The summed E-state index contributed by atoms with van der Waals surface area (Å²) in [5, 5.41) is 0. The monoisotopic (exact) mass is 350 g/mol. The molecule has 1 unspecified atom stereocenters. The Morgan fingerprint density at radius 1 is 0.480 bits per heavy atom. The van der Waals surface area contributed by atoms with Crippen LogP contribution in [0.1, 0.15) is 143 Å². The van der Waals surface area contributed by atoms with Crippen LogP contribution >= 0.6 is 0 Å². The normalized spacial score (nSPS) is 12.9. The molecule has 0 aliphatic carbocycles. The van der Waals surface area contributed by atoms with Gasteiger partial charge in [-0.05, 0) is 25.2 Å². The first kappa shape index (κ1) is 24.7. The Morgan fingerprint density at radius 3 is 1.44 bits per heavy atom. The molecule has 0 nitrogen and oxygen atoms in total. The third kappa shape index (κ3) is 19.9. The van der Waals surface area contributed by atoms with E-state index in [0.29, 0.717) is 0 Å². The van der Waals surface area contributed by atoms with Crippen LogP contribution < -0.4 is 0 Å². The molecule has 1 atom stereocenters. The van der Waals surface area contributed by atoms with Crippen LogP contribution in [0.3, 0.4) is 0 Å². The average molecular weight is 351 g/mol. The van der Waals surface area contributed by atoms with Crippen molar-refractivity contribution in [2.75, 3.05) is 0 Å². The summed E-state index contributed by atoms with van der Waals surface area (Å²) in [4.78, 5) is 0. The van der Waals surface area contributed by atoms with Gasteiger partial charge in [0.2, 0.25) is 0 Å². The van der Waals surface area contributed by atoms with E-state index < -0.39 is 0 Å². The highest BCUT2D eigenvalue weighted by molar-refractivity contribution is 4.81. The first-order valence-electron chi connectivity index (χ1n) is 12.0. The first-order valence-corrected chi connectivity index (χ1v) is 12.0. The molecule has 0 N–H and O–H groups in total. The summed E-state index contributed by atoms with van der Waals surface area (Å²) in [6.45, 7) is 6.97. The third-order valence-corrected chi connectivity index (χ3v) is 5.67. The van der Waals surface area contributed by atoms with Gasteiger partial charge in [0, 0.05) is 0 Å². The van der Waals surface area contributed by atoms with Gasteiger partial charge in [0.05, 0.1) is 0 Å². The number of rotatable bonds is 20. The molecule has 0 aliphatic heterocycles. The Labute approximate surface area is 161 Å². The van der Waals surface area contributed by atoms with Crippen LogP contribution in [0.15, 0.2) is 12.2 Å². The molecule has 0 aromatic rings. The molecule has 0 aromatic heterocycles. The van der Waals surface area contributed by atoms with Gasteiger partial charge in [-0.15, -0.1) is 0 Å². The Bertz CT molecular complexity index is 253. The lowest BCUT2D eigenvalue weighted by Crippen LogP contribution is -1.99. The van der Waals surface area contributed by atoms with Gasteiger partial charge in [0.25, 0.3) is 0 Å². The summed E-state index contributed by atoms with van der Waals surface area (Å²) in [7, 11) is 0. The van der Waals surface area contributed by atoms with Crippen molar-refractivity contribution >= 4 is 0 Å². The van der Waals surface area contributed by atoms with Gasteiger partial charge < -0.3 is 0 Å². The molecule has 0 rings (SSSR count). The topological polar surface area (TPSA) is 0 Å². The second kappa shape index (κ2) is 21.8. The van der Waals surface area contributed by atoms with E-state index in [1.54, 1.807) is 0 Å². The quantitative estimate of drug-likeness (QED) is 0.151. The van der Waals surface area contributed by atoms with Gasteiger partial charge in [-0.2, -0.15) is 0 Å². The minimum Gasteiger partial charge on any atom is -0.0885 e. The molecular formula is C25H50. The molecule has 0 fully saturated rings. The number of unbranched alkanes of at least 4 members (excludes halogenated alkanes) is 13. The van der Waals surface area contributed by atoms with Crippen LogP contribution in [-0.2, 0) is 0 Å². The van der Waals surface area contributed by atoms with E-state index in [-0.39, 0.29) is 0 Å². The van der Waals surface area contributed by atoms with Gasteiger partial charge in [-0.3, -0.25) is 0 Å². The number of hydrogen-bond donors (Lipinski definition) is 0. The van der Waals surface area contributed by atoms with Crippen LogP contribution in [0.25, 0.3) is 0 Å². The van der Waals surface area contributed by atoms with Crippen molar-refractivity contribution in [3.8, 4) is 0 Å². The van der Waals surface area contributed by atoms with Gasteiger partial charge >= 0.3 is 0 Å². The second-order valence-corrected chi connectivity index (χ2v) is 8.14. The Hall–Kier alpha value is -0.260. The zero-order valence-electron chi connectivity index (χ0n) is 18.2. The molecule has 0 saturated heterocycles. The molecule has 0 amide bonds. The zero-order chi connectivity index (χ0) is 18.4. The molecule has 0 heteroatoms. The minimum absolute atomic E-state index is 1.00. The molecule has 0 bridgehead atoms. The fourth-order valence-corrected chi connectivity index (χ4v) is 3.73. The Balaban J connectivity index is 3.35. The van der Waals surface area contributed by atoms with Gasteiger partial charge in [-0.25, -0.2) is 0 Å². The van der Waals surface area contributed by atoms with Crippen molar-refractivity contribution in [2.45, 2.75) is 143 Å². The van der Waals surface area contributed by atoms with E-state index in [4.69, 9.17) is 0 Å². The summed E-state index contributed by atoms with van der Waals surface area (Å²) in [5.74, 6) is 1.00. The fraction of sp³-hybridized carbons (Fsp3) is 0.920. The van der Waals surface area contributed by atoms with Crippen molar-refractivity contribution in [1.29, 1.82) is 0 Å². The van der Waals surface area contributed by atoms with Gasteiger partial charge in [0.15, 0.2) is 0 Å². The smallest absolute Gasteiger partial charge is 0.0351 e. The average Bonchev–Trinajstić information content (AvgIpc) is 2.63. The van der Waals surface area contributed by atoms with Crippen LogP contribution in [-0.4, -0.2) is 0 Å². The lowest BCUT2D eigenvalue weighted by Gasteiger charge is -2.14. The second-order valence-electron chi connectivity index (χ2n) is 8.14. The molecule has 0 aromatic carbocycles. The zero-order valence-corrected chi connectivity index (χ0v) is 18.2. The highest BCUT2D eigenvalue weighted by Gasteiger charge is 2.05. The summed E-state index contributed by atoms with van der Waals surface area (Å²) in [6.07, 6.45) is 31.9. The van der Waals surface area contributed by atoms with Crippen molar-refractivity contribution in [3.05, 3.63) is 12.2 Å². The molecular weight excluding hydrogens is 300 g/mol. The van der Waals surface area contributed by atoms with E-state index in [1.165, 1.54) is 122 Å². The maximum atomic E-state index is 2.41. The van der Waals surface area contributed by atoms with E-state index in [0.717, 1.165) is 5.92 Å². The summed E-state index contributed by atoms with van der Waals surface area (Å²) in [5.41, 5.74) is 0. The number of allylic oxidation sites excluding steroid dienone is 2. The summed E-state index contributed by atoms with van der Waals surface area (Å²) in [6, 6.07) is 0. The van der Waals surface area contributed by atoms with E-state index in [9.17, 15) is 0 Å². The molecule has 0 spiro atoms. The molecule has 25 heavy (non-hydrogen) atoms. The molecule has 150 valence electrons. The van der Waals surface area contributed by atoms with Crippen LogP contribution in [0.5, 0.6) is 0 Å². The standard InChI is InChI=1S/C25H50/c1-4-7-9-11-13-15-17-19-21-23-25(6-3)24-22-20-18-16-14-12-10-8-5-2/h11,13,25H,4-10,12,14-24H2,1-3H3/b13-11+. The maximum Gasteiger partial charge on any atom is -0.0351 e. The van der Waals surface area contributed by atoms with Crippen LogP contribution in [0, 0.1) is 5.92 Å². The summed E-state index contributed by atoms with van der Waals surface area (Å²) < 4.78 is 0. The lowest BCUT2D eigenvalue weighted by molar-refractivity contribution is 0.394. The maximum absolute atomic E-state index is 2.41. The number of hydrogen-bond acceptors (Lipinski definition) is 0. The highest BCUT2D eigenvalue weighted by Crippen LogP contribution is 2.21. The predicted octanol–water partition coefficient (Wildman–Crippen LogP) is 9.63. The van der Waals surface area contributed by atoms with Crippen molar-refractivity contribution in [2.24, 2.45) is 5.92 Å². The SMILES string of the molecule is CCCC/C=C/CCCCCC(CC)CCCCCCCCCCC. The van der Waals surface area contributed by atoms with Gasteiger partial charge in [-0.1, -0.05) is 136 Å². The van der Waals surface area contributed by atoms with Crippen molar-refractivity contribution in [3.63, 3.8) is 0 Å². The predicted molar refractivity (Wildman–Crippen MR) is 117 cm³/mol.